The van der Waals surface area contributed by atoms with Crippen molar-refractivity contribution in [1.29, 1.82) is 0 Å². The summed E-state index contributed by atoms with van der Waals surface area (Å²) in [6.45, 7) is 6.11. The number of methoxy groups -OCH3 is 1. The Morgan fingerprint density at radius 1 is 0.917 bits per heavy atom. The zero-order chi connectivity index (χ0) is 24.5. The van der Waals surface area contributed by atoms with E-state index >= 15 is 0 Å². The lowest BCUT2D eigenvalue weighted by Crippen LogP contribution is -2.46. The number of hydrogen-bond donors (Lipinski definition) is 0. The van der Waals surface area contributed by atoms with Gasteiger partial charge in [0.05, 0.1) is 19.0 Å². The number of thiophene rings is 1. The van der Waals surface area contributed by atoms with Gasteiger partial charge in [0.15, 0.2) is 0 Å². The maximum atomic E-state index is 5.55. The van der Waals surface area contributed by atoms with E-state index in [0.29, 0.717) is 18.3 Å². The van der Waals surface area contributed by atoms with E-state index in [2.05, 4.69) is 49.6 Å². The summed E-state index contributed by atoms with van der Waals surface area (Å²) in [6, 6.07) is 18.1. The fourth-order valence-corrected chi connectivity index (χ4v) is 5.56. The van der Waals surface area contributed by atoms with E-state index in [1.807, 2.05) is 37.3 Å². The Bertz CT molecular complexity index is 1470. The average molecular weight is 499 g/mol. The molecule has 5 aromatic rings. The summed E-state index contributed by atoms with van der Waals surface area (Å²) in [5.41, 5.74) is 3.30. The lowest BCUT2D eigenvalue weighted by molar-refractivity contribution is 0.215. The third-order valence-electron chi connectivity index (χ3n) is 6.46. The number of aromatic nitrogens is 4. The first kappa shape index (κ1) is 22.6. The van der Waals surface area contributed by atoms with Crippen molar-refractivity contribution >= 4 is 27.4 Å². The lowest BCUT2D eigenvalue weighted by atomic mass is 10.1. The molecule has 0 aliphatic carbocycles. The maximum Gasteiger partial charge on any atom is 0.241 e. The van der Waals surface area contributed by atoms with Crippen LogP contribution in [0.3, 0.4) is 0 Å². The molecule has 0 atom stereocenters. The molecule has 0 N–H and O–H groups in total. The smallest absolute Gasteiger partial charge is 0.241 e. The molecule has 4 heterocycles. The van der Waals surface area contributed by atoms with Crippen LogP contribution >= 0.6 is 11.3 Å². The van der Waals surface area contributed by atoms with Gasteiger partial charge in [-0.05, 0) is 36.8 Å². The van der Waals surface area contributed by atoms with Gasteiger partial charge in [-0.1, -0.05) is 35.5 Å². The van der Waals surface area contributed by atoms with Gasteiger partial charge in [0.2, 0.25) is 11.7 Å². The molecule has 0 unspecified atom stereocenters. The standard InChI is InChI=1S/C27H26N6O2S/c1-18-28-26(24-22(17-36-27(24)29-18)19-6-4-3-5-7-19)33-14-12-32(13-15-33)16-23-30-25(31-35-23)20-8-10-21(34-2)11-9-20/h3-11,17H,12-16H2,1-2H3. The van der Waals surface area contributed by atoms with Crippen LogP contribution in [0.5, 0.6) is 5.75 Å². The van der Waals surface area contributed by atoms with Crippen molar-refractivity contribution in [1.82, 2.24) is 25.0 Å². The van der Waals surface area contributed by atoms with Gasteiger partial charge in [0, 0.05) is 42.7 Å². The van der Waals surface area contributed by atoms with E-state index in [9.17, 15) is 0 Å². The number of rotatable bonds is 6. The summed E-state index contributed by atoms with van der Waals surface area (Å²) in [5, 5.41) is 7.51. The average Bonchev–Trinajstić information content (AvgIpc) is 3.56. The van der Waals surface area contributed by atoms with Gasteiger partial charge in [-0.2, -0.15) is 4.98 Å². The Labute approximate surface area is 213 Å². The van der Waals surface area contributed by atoms with Crippen molar-refractivity contribution in [2.45, 2.75) is 13.5 Å². The summed E-state index contributed by atoms with van der Waals surface area (Å²) >= 11 is 1.68. The van der Waals surface area contributed by atoms with Gasteiger partial charge < -0.3 is 14.2 Å². The van der Waals surface area contributed by atoms with Crippen LogP contribution in [0.4, 0.5) is 5.82 Å². The quantitative estimate of drug-likeness (QED) is 0.322. The molecular weight excluding hydrogens is 472 g/mol. The number of hydrogen-bond acceptors (Lipinski definition) is 9. The van der Waals surface area contributed by atoms with E-state index in [4.69, 9.17) is 19.2 Å². The number of nitrogens with zero attached hydrogens (tertiary/aromatic N) is 6. The fourth-order valence-electron chi connectivity index (χ4n) is 4.57. The SMILES string of the molecule is COc1ccc(-c2noc(CN3CCN(c4nc(C)nc5scc(-c6ccccc6)c45)CC3)n2)cc1. The molecule has 182 valence electrons. The Morgan fingerprint density at radius 3 is 2.44 bits per heavy atom. The molecule has 6 rings (SSSR count). The number of piperazine rings is 1. The predicted octanol–water partition coefficient (Wildman–Crippen LogP) is 5.05. The predicted molar refractivity (Wildman–Crippen MR) is 141 cm³/mol. The highest BCUT2D eigenvalue weighted by atomic mass is 32.1. The Hall–Kier alpha value is -3.82. The second kappa shape index (κ2) is 9.67. The van der Waals surface area contributed by atoms with Crippen LogP contribution in [0.25, 0.3) is 32.7 Å². The molecule has 3 aromatic heterocycles. The topological polar surface area (TPSA) is 80.4 Å². The lowest BCUT2D eigenvalue weighted by Gasteiger charge is -2.35. The molecule has 1 aliphatic rings. The molecule has 0 bridgehead atoms. The normalized spacial score (nSPS) is 14.4. The van der Waals surface area contributed by atoms with E-state index < -0.39 is 0 Å². The highest BCUT2D eigenvalue weighted by Gasteiger charge is 2.24. The molecule has 0 spiro atoms. The van der Waals surface area contributed by atoms with Crippen LogP contribution in [0.2, 0.25) is 0 Å². The van der Waals surface area contributed by atoms with Crippen molar-refractivity contribution in [2.24, 2.45) is 0 Å². The monoisotopic (exact) mass is 498 g/mol. The highest BCUT2D eigenvalue weighted by Crippen LogP contribution is 2.38. The van der Waals surface area contributed by atoms with Crippen LogP contribution in [0.1, 0.15) is 11.7 Å². The first-order valence-corrected chi connectivity index (χ1v) is 12.8. The molecule has 36 heavy (non-hydrogen) atoms. The van der Waals surface area contributed by atoms with Crippen molar-refractivity contribution in [3.8, 4) is 28.3 Å². The van der Waals surface area contributed by atoms with Gasteiger partial charge in [-0.25, -0.2) is 9.97 Å². The van der Waals surface area contributed by atoms with Crippen LogP contribution in [0, 0.1) is 6.92 Å². The third-order valence-corrected chi connectivity index (χ3v) is 7.33. The van der Waals surface area contributed by atoms with Crippen molar-refractivity contribution in [3.63, 3.8) is 0 Å². The summed E-state index contributed by atoms with van der Waals surface area (Å²) in [6.07, 6.45) is 0. The van der Waals surface area contributed by atoms with Crippen LogP contribution < -0.4 is 9.64 Å². The second-order valence-electron chi connectivity index (χ2n) is 8.79. The maximum absolute atomic E-state index is 5.55. The van der Waals surface area contributed by atoms with Crippen LogP contribution in [-0.2, 0) is 6.54 Å². The zero-order valence-corrected chi connectivity index (χ0v) is 21.0. The van der Waals surface area contributed by atoms with Crippen molar-refractivity contribution in [2.75, 3.05) is 38.2 Å². The number of fused-ring (bicyclic) bond motifs is 1. The summed E-state index contributed by atoms with van der Waals surface area (Å²) in [5.74, 6) is 3.85. The van der Waals surface area contributed by atoms with E-state index in [1.54, 1.807) is 18.4 Å². The summed E-state index contributed by atoms with van der Waals surface area (Å²) in [7, 11) is 1.65. The number of anilines is 1. The number of aryl methyl sites for hydroxylation is 1. The van der Waals surface area contributed by atoms with Crippen LogP contribution in [-0.4, -0.2) is 58.3 Å². The van der Waals surface area contributed by atoms with Crippen LogP contribution in [0.15, 0.2) is 64.5 Å². The fraction of sp³-hybridized carbons (Fsp3) is 0.259. The molecule has 9 heteroatoms. The van der Waals surface area contributed by atoms with Gasteiger partial charge in [0.25, 0.3) is 0 Å². The summed E-state index contributed by atoms with van der Waals surface area (Å²) < 4.78 is 10.8. The molecule has 2 aromatic carbocycles. The minimum atomic E-state index is 0.594. The Kier molecular flexibility index (Phi) is 6.08. The molecule has 1 saturated heterocycles. The minimum absolute atomic E-state index is 0.594. The first-order valence-electron chi connectivity index (χ1n) is 11.9. The third kappa shape index (κ3) is 4.43. The molecule has 0 saturated carbocycles. The molecule has 0 amide bonds. The van der Waals surface area contributed by atoms with Gasteiger partial charge in [-0.15, -0.1) is 11.3 Å². The van der Waals surface area contributed by atoms with Gasteiger partial charge in [-0.3, -0.25) is 4.90 Å². The molecule has 0 radical (unpaired) electrons. The molecule has 8 nitrogen and oxygen atoms in total. The largest absolute Gasteiger partial charge is 0.497 e. The van der Waals surface area contributed by atoms with E-state index in [0.717, 1.165) is 59.4 Å². The zero-order valence-electron chi connectivity index (χ0n) is 20.2. The van der Waals surface area contributed by atoms with Crippen molar-refractivity contribution in [3.05, 3.63) is 71.7 Å². The molecular formula is C27H26N6O2S. The Morgan fingerprint density at radius 2 is 1.69 bits per heavy atom. The van der Waals surface area contributed by atoms with E-state index in [1.165, 1.54) is 11.1 Å². The number of ether oxygens (including phenoxy) is 1. The second-order valence-corrected chi connectivity index (χ2v) is 9.65. The molecule has 1 fully saturated rings. The minimum Gasteiger partial charge on any atom is -0.497 e. The van der Waals surface area contributed by atoms with Gasteiger partial charge in [0.1, 0.15) is 22.2 Å². The summed E-state index contributed by atoms with van der Waals surface area (Å²) in [4.78, 5) is 20.0. The van der Waals surface area contributed by atoms with E-state index in [-0.39, 0.29) is 0 Å². The molecule has 1 aliphatic heterocycles. The highest BCUT2D eigenvalue weighted by molar-refractivity contribution is 7.17. The Balaban J connectivity index is 1.17. The van der Waals surface area contributed by atoms with Gasteiger partial charge >= 0.3 is 0 Å². The number of benzene rings is 2. The first-order chi connectivity index (χ1) is 17.7. The van der Waals surface area contributed by atoms with Crippen molar-refractivity contribution < 1.29 is 9.26 Å².